The van der Waals surface area contributed by atoms with Crippen molar-refractivity contribution in [1.29, 1.82) is 0 Å². The number of hydrogen-bond acceptors (Lipinski definition) is 3. The molecule has 62 valence electrons. The van der Waals surface area contributed by atoms with Crippen molar-refractivity contribution in [1.82, 2.24) is 0 Å². The third kappa shape index (κ3) is 3.39. The molecule has 0 aliphatic rings. The molecule has 0 radical (unpaired) electrons. The molecular weight excluding hydrogens is 176 g/mol. The van der Waals surface area contributed by atoms with Crippen LogP contribution in [0, 0.1) is 0 Å². The second kappa shape index (κ2) is 4.16. The van der Waals surface area contributed by atoms with Gasteiger partial charge in [-0.25, -0.2) is 8.42 Å². The van der Waals surface area contributed by atoms with E-state index in [4.69, 9.17) is 10.7 Å². The number of ether oxygens (including phenoxy) is 1. The van der Waals surface area contributed by atoms with E-state index >= 15 is 0 Å². The zero-order valence-corrected chi connectivity index (χ0v) is 7.57. The Kier molecular flexibility index (Phi) is 4.24. The fourth-order valence-electron chi connectivity index (χ4n) is 0.584. The third-order valence-electron chi connectivity index (χ3n) is 1.21. The van der Waals surface area contributed by atoms with E-state index in [2.05, 4.69) is 4.74 Å². The van der Waals surface area contributed by atoms with E-state index < -0.39 is 14.3 Å². The van der Waals surface area contributed by atoms with Crippen LogP contribution in [-0.2, 0) is 13.8 Å². The molecule has 0 N–H and O–H groups in total. The Morgan fingerprint density at radius 2 is 2.10 bits per heavy atom. The van der Waals surface area contributed by atoms with Gasteiger partial charge in [0.2, 0.25) is 9.05 Å². The number of methoxy groups -OCH3 is 1. The highest BCUT2D eigenvalue weighted by Gasteiger charge is 2.20. The zero-order chi connectivity index (χ0) is 8.20. The van der Waals surface area contributed by atoms with Crippen LogP contribution in [0.25, 0.3) is 0 Å². The van der Waals surface area contributed by atoms with Crippen molar-refractivity contribution < 1.29 is 13.2 Å². The minimum Gasteiger partial charge on any atom is -0.383 e. The molecule has 10 heavy (non-hydrogen) atoms. The normalized spacial score (nSPS) is 15.1. The van der Waals surface area contributed by atoms with Crippen molar-refractivity contribution in [3.05, 3.63) is 0 Å². The Balaban J connectivity index is 4.08. The van der Waals surface area contributed by atoms with Crippen LogP contribution < -0.4 is 0 Å². The fraction of sp³-hybridized carbons (Fsp3) is 1.00. The van der Waals surface area contributed by atoms with Gasteiger partial charge in [-0.05, 0) is 6.42 Å². The quantitative estimate of drug-likeness (QED) is 0.615. The molecule has 0 rings (SSSR count). The van der Waals surface area contributed by atoms with Crippen LogP contribution >= 0.6 is 10.7 Å². The molecule has 0 amide bonds. The van der Waals surface area contributed by atoms with Crippen molar-refractivity contribution in [2.24, 2.45) is 0 Å². The van der Waals surface area contributed by atoms with Gasteiger partial charge in [-0.3, -0.25) is 0 Å². The maximum absolute atomic E-state index is 10.6. The number of hydrogen-bond donors (Lipinski definition) is 0. The minimum absolute atomic E-state index is 0.169. The molecule has 0 bridgehead atoms. The first-order chi connectivity index (χ1) is 4.52. The lowest BCUT2D eigenvalue weighted by molar-refractivity contribution is 0.196. The van der Waals surface area contributed by atoms with Crippen molar-refractivity contribution in [3.63, 3.8) is 0 Å². The summed E-state index contributed by atoms with van der Waals surface area (Å²) < 4.78 is 25.9. The van der Waals surface area contributed by atoms with E-state index in [1.807, 2.05) is 0 Å². The third-order valence-corrected chi connectivity index (χ3v) is 3.23. The van der Waals surface area contributed by atoms with E-state index in [9.17, 15) is 8.42 Å². The van der Waals surface area contributed by atoms with Crippen LogP contribution in [-0.4, -0.2) is 27.4 Å². The lowest BCUT2D eigenvalue weighted by atomic mass is 10.3. The van der Waals surface area contributed by atoms with Crippen molar-refractivity contribution in [2.75, 3.05) is 13.7 Å². The fourth-order valence-corrected chi connectivity index (χ4v) is 1.81. The predicted octanol–water partition coefficient (Wildman–Crippen LogP) is 0.980. The number of rotatable bonds is 4. The monoisotopic (exact) mass is 186 g/mol. The summed E-state index contributed by atoms with van der Waals surface area (Å²) in [5, 5.41) is -0.570. The van der Waals surface area contributed by atoms with Crippen LogP contribution in [0.15, 0.2) is 0 Å². The Hall–Kier alpha value is 0.200. The largest absolute Gasteiger partial charge is 0.383 e. The standard InChI is InChI=1S/C5H11ClO3S/c1-3-5(4-9-2)10(6,7)8/h5H,3-4H2,1-2H3. The Labute approximate surface area is 65.7 Å². The highest BCUT2D eigenvalue weighted by atomic mass is 35.7. The topological polar surface area (TPSA) is 43.4 Å². The van der Waals surface area contributed by atoms with Gasteiger partial charge in [-0.2, -0.15) is 0 Å². The average Bonchev–Trinajstić information content (AvgIpc) is 1.80. The molecule has 0 aliphatic carbocycles. The van der Waals surface area contributed by atoms with E-state index in [1.165, 1.54) is 7.11 Å². The molecule has 0 aromatic rings. The summed E-state index contributed by atoms with van der Waals surface area (Å²) in [4.78, 5) is 0. The summed E-state index contributed by atoms with van der Waals surface area (Å²) in [5.41, 5.74) is 0. The van der Waals surface area contributed by atoms with Gasteiger partial charge in [-0.15, -0.1) is 0 Å². The average molecular weight is 187 g/mol. The van der Waals surface area contributed by atoms with Crippen LogP contribution in [0.1, 0.15) is 13.3 Å². The van der Waals surface area contributed by atoms with Crippen LogP contribution in [0.5, 0.6) is 0 Å². The molecule has 3 nitrogen and oxygen atoms in total. The molecule has 0 aliphatic heterocycles. The van der Waals surface area contributed by atoms with E-state index in [0.717, 1.165) is 0 Å². The van der Waals surface area contributed by atoms with Crippen LogP contribution in [0.3, 0.4) is 0 Å². The molecule has 0 saturated heterocycles. The van der Waals surface area contributed by atoms with Gasteiger partial charge in [0.15, 0.2) is 0 Å². The second-order valence-corrected chi connectivity index (χ2v) is 4.87. The van der Waals surface area contributed by atoms with E-state index in [0.29, 0.717) is 6.42 Å². The summed E-state index contributed by atoms with van der Waals surface area (Å²) in [6, 6.07) is 0. The van der Waals surface area contributed by atoms with Gasteiger partial charge in [0, 0.05) is 17.8 Å². The summed E-state index contributed by atoms with van der Waals surface area (Å²) in [5.74, 6) is 0. The molecule has 1 unspecified atom stereocenters. The molecule has 0 spiro atoms. The Morgan fingerprint density at radius 3 is 2.20 bits per heavy atom. The van der Waals surface area contributed by atoms with Crippen molar-refractivity contribution in [2.45, 2.75) is 18.6 Å². The molecule has 0 aromatic carbocycles. The van der Waals surface area contributed by atoms with Crippen molar-refractivity contribution in [3.8, 4) is 0 Å². The molecule has 0 fully saturated rings. The molecule has 1 atom stereocenters. The molecule has 5 heteroatoms. The lowest BCUT2D eigenvalue weighted by Gasteiger charge is -2.07. The van der Waals surface area contributed by atoms with Gasteiger partial charge < -0.3 is 4.74 Å². The predicted molar refractivity (Wildman–Crippen MR) is 40.7 cm³/mol. The molecule has 0 heterocycles. The summed E-state index contributed by atoms with van der Waals surface area (Å²) in [7, 11) is 3.09. The molecular formula is C5H11ClO3S. The van der Waals surface area contributed by atoms with E-state index in [-0.39, 0.29) is 6.61 Å². The van der Waals surface area contributed by atoms with Gasteiger partial charge in [0.05, 0.1) is 11.9 Å². The summed E-state index contributed by atoms with van der Waals surface area (Å²) >= 11 is 0. The number of halogens is 1. The van der Waals surface area contributed by atoms with Crippen LogP contribution in [0.4, 0.5) is 0 Å². The highest BCUT2D eigenvalue weighted by Crippen LogP contribution is 2.10. The minimum atomic E-state index is -3.43. The van der Waals surface area contributed by atoms with E-state index in [1.54, 1.807) is 6.92 Å². The maximum Gasteiger partial charge on any atom is 0.237 e. The summed E-state index contributed by atoms with van der Waals surface area (Å²) in [6.07, 6.45) is 0.486. The van der Waals surface area contributed by atoms with Crippen LogP contribution in [0.2, 0.25) is 0 Å². The molecule has 0 aromatic heterocycles. The first-order valence-corrected chi connectivity index (χ1v) is 5.32. The van der Waals surface area contributed by atoms with Gasteiger partial charge in [0.25, 0.3) is 0 Å². The second-order valence-electron chi connectivity index (χ2n) is 1.96. The maximum atomic E-state index is 10.6. The highest BCUT2D eigenvalue weighted by molar-refractivity contribution is 8.14. The lowest BCUT2D eigenvalue weighted by Crippen LogP contribution is -2.20. The Bertz CT molecular complexity index is 175. The SMILES string of the molecule is CCC(COC)S(=O)(=O)Cl. The van der Waals surface area contributed by atoms with Gasteiger partial charge in [-0.1, -0.05) is 6.92 Å². The molecule has 0 saturated carbocycles. The Morgan fingerprint density at radius 1 is 1.60 bits per heavy atom. The van der Waals surface area contributed by atoms with Gasteiger partial charge in [0.1, 0.15) is 0 Å². The van der Waals surface area contributed by atoms with Gasteiger partial charge >= 0.3 is 0 Å². The first kappa shape index (κ1) is 10.2. The zero-order valence-electron chi connectivity index (χ0n) is 6.00. The summed E-state index contributed by atoms with van der Waals surface area (Å²) in [6.45, 7) is 1.92. The first-order valence-electron chi connectivity index (χ1n) is 2.94. The smallest absolute Gasteiger partial charge is 0.237 e. The van der Waals surface area contributed by atoms with Crippen molar-refractivity contribution >= 4 is 19.7 Å².